The summed E-state index contributed by atoms with van der Waals surface area (Å²) in [7, 11) is 2.04. The first-order valence-corrected chi connectivity index (χ1v) is 7.11. The Hall–Kier alpha value is -1.87. The van der Waals surface area contributed by atoms with Crippen LogP contribution in [-0.2, 0) is 6.42 Å². The molecule has 20 heavy (non-hydrogen) atoms. The number of nitrogens with zero attached hydrogens (tertiary/aromatic N) is 2. The fourth-order valence-corrected chi connectivity index (χ4v) is 2.25. The fourth-order valence-electron chi connectivity index (χ4n) is 2.25. The highest BCUT2D eigenvalue weighted by atomic mass is 15.2. The van der Waals surface area contributed by atoms with Gasteiger partial charge in [0.05, 0.1) is 0 Å². The zero-order valence-electron chi connectivity index (χ0n) is 12.5. The number of rotatable bonds is 5. The van der Waals surface area contributed by atoms with E-state index in [0.717, 1.165) is 18.7 Å². The summed E-state index contributed by atoms with van der Waals surface area (Å²) in [6.45, 7) is 4.22. The minimum atomic E-state index is 0.219. The normalized spacial score (nSPS) is 12.2. The molecule has 106 valence electrons. The molecule has 0 aliphatic heterocycles. The monoisotopic (exact) mass is 269 g/mol. The van der Waals surface area contributed by atoms with E-state index in [9.17, 15) is 0 Å². The van der Waals surface area contributed by atoms with E-state index in [2.05, 4.69) is 54.1 Å². The summed E-state index contributed by atoms with van der Waals surface area (Å²) in [5.41, 5.74) is 9.59. The average Bonchev–Trinajstić information content (AvgIpc) is 2.47. The molecular formula is C17H23N3. The van der Waals surface area contributed by atoms with E-state index in [0.29, 0.717) is 0 Å². The maximum Gasteiger partial charge on any atom is 0.132 e. The molecule has 0 bridgehead atoms. The molecule has 3 nitrogen and oxygen atoms in total. The molecule has 2 rings (SSSR count). The number of para-hydroxylation sites is 1. The number of benzene rings is 1. The van der Waals surface area contributed by atoms with Gasteiger partial charge >= 0.3 is 0 Å². The highest BCUT2D eigenvalue weighted by Crippen LogP contribution is 2.24. The summed E-state index contributed by atoms with van der Waals surface area (Å²) in [5, 5.41) is 0. The van der Waals surface area contributed by atoms with Crippen LogP contribution < -0.4 is 10.6 Å². The Morgan fingerprint density at radius 1 is 1.20 bits per heavy atom. The van der Waals surface area contributed by atoms with Gasteiger partial charge in [-0.15, -0.1) is 0 Å². The summed E-state index contributed by atoms with van der Waals surface area (Å²) in [6.07, 6.45) is 3.81. The largest absolute Gasteiger partial charge is 0.329 e. The topological polar surface area (TPSA) is 42.1 Å². The fraction of sp³-hybridized carbons (Fsp3) is 0.353. The van der Waals surface area contributed by atoms with Gasteiger partial charge in [-0.25, -0.2) is 4.98 Å². The minimum absolute atomic E-state index is 0.219. The van der Waals surface area contributed by atoms with Crippen molar-refractivity contribution in [3.8, 4) is 0 Å². The molecule has 1 unspecified atom stereocenters. The van der Waals surface area contributed by atoms with E-state index in [1.807, 2.05) is 19.3 Å². The van der Waals surface area contributed by atoms with Crippen molar-refractivity contribution in [2.24, 2.45) is 5.73 Å². The van der Waals surface area contributed by atoms with Gasteiger partial charge in [-0.2, -0.15) is 0 Å². The highest BCUT2D eigenvalue weighted by molar-refractivity contribution is 5.62. The number of hydrogen-bond donors (Lipinski definition) is 1. The lowest BCUT2D eigenvalue weighted by atomic mass is 10.1. The molecule has 2 N–H and O–H groups in total. The van der Waals surface area contributed by atoms with Crippen molar-refractivity contribution in [2.75, 3.05) is 11.9 Å². The second-order valence-electron chi connectivity index (χ2n) is 5.24. The van der Waals surface area contributed by atoms with Crippen LogP contribution in [0.1, 0.15) is 24.5 Å². The van der Waals surface area contributed by atoms with Crippen molar-refractivity contribution < 1.29 is 0 Å². The lowest BCUT2D eigenvalue weighted by Gasteiger charge is -2.20. The van der Waals surface area contributed by atoms with Crippen molar-refractivity contribution in [3.63, 3.8) is 0 Å². The Labute approximate surface area is 121 Å². The number of aryl methyl sites for hydroxylation is 1. The Bertz CT molecular complexity index is 548. The van der Waals surface area contributed by atoms with Crippen LogP contribution in [0, 0.1) is 6.92 Å². The van der Waals surface area contributed by atoms with Gasteiger partial charge in [0.2, 0.25) is 0 Å². The number of anilines is 2. The highest BCUT2D eigenvalue weighted by Gasteiger charge is 2.08. The van der Waals surface area contributed by atoms with Crippen LogP contribution in [-0.4, -0.2) is 18.1 Å². The van der Waals surface area contributed by atoms with Gasteiger partial charge in [0.25, 0.3) is 0 Å². The molecule has 0 saturated carbocycles. The molecule has 0 aliphatic rings. The molecule has 0 spiro atoms. The lowest BCUT2D eigenvalue weighted by Crippen LogP contribution is -2.21. The van der Waals surface area contributed by atoms with Crippen LogP contribution >= 0.6 is 0 Å². The number of pyridine rings is 1. The molecule has 0 aliphatic carbocycles. The Balaban J connectivity index is 2.16. The lowest BCUT2D eigenvalue weighted by molar-refractivity contribution is 0.645. The molecule has 0 fully saturated rings. The molecular weight excluding hydrogens is 246 g/mol. The quantitative estimate of drug-likeness (QED) is 0.904. The predicted octanol–water partition coefficient (Wildman–Crippen LogP) is 3.44. The van der Waals surface area contributed by atoms with Crippen LogP contribution in [0.25, 0.3) is 0 Å². The van der Waals surface area contributed by atoms with E-state index in [1.54, 1.807) is 0 Å². The van der Waals surface area contributed by atoms with E-state index >= 15 is 0 Å². The third-order valence-electron chi connectivity index (χ3n) is 3.65. The van der Waals surface area contributed by atoms with E-state index < -0.39 is 0 Å². The predicted molar refractivity (Wildman–Crippen MR) is 85.4 cm³/mol. The Kier molecular flexibility index (Phi) is 4.74. The first-order valence-electron chi connectivity index (χ1n) is 7.11. The van der Waals surface area contributed by atoms with Gasteiger partial charge in [-0.1, -0.05) is 31.2 Å². The Morgan fingerprint density at radius 3 is 2.55 bits per heavy atom. The zero-order chi connectivity index (χ0) is 14.5. The average molecular weight is 269 g/mol. The van der Waals surface area contributed by atoms with Crippen molar-refractivity contribution in [1.82, 2.24) is 4.98 Å². The van der Waals surface area contributed by atoms with E-state index in [-0.39, 0.29) is 6.04 Å². The summed E-state index contributed by atoms with van der Waals surface area (Å²) >= 11 is 0. The summed E-state index contributed by atoms with van der Waals surface area (Å²) in [5.74, 6) is 0.952. The minimum Gasteiger partial charge on any atom is -0.329 e. The van der Waals surface area contributed by atoms with Crippen LogP contribution in [0.2, 0.25) is 0 Å². The second-order valence-corrected chi connectivity index (χ2v) is 5.24. The number of hydrogen-bond acceptors (Lipinski definition) is 3. The summed E-state index contributed by atoms with van der Waals surface area (Å²) in [4.78, 5) is 6.66. The molecule has 1 atom stereocenters. The molecule has 2 aromatic rings. The first-order chi connectivity index (χ1) is 9.61. The van der Waals surface area contributed by atoms with Gasteiger partial charge in [-0.3, -0.25) is 0 Å². The van der Waals surface area contributed by atoms with Gasteiger partial charge < -0.3 is 10.6 Å². The number of nitrogens with two attached hydrogens (primary N) is 1. The maximum atomic E-state index is 5.98. The van der Waals surface area contributed by atoms with Crippen LogP contribution in [0.15, 0.2) is 42.6 Å². The van der Waals surface area contributed by atoms with E-state index in [4.69, 9.17) is 5.73 Å². The standard InChI is InChI=1S/C17H23N3/c1-4-15(18)11-14-9-10-17(19-12-14)20(3)16-8-6-5-7-13(16)2/h5-10,12,15H,4,11,18H2,1-3H3. The molecule has 0 saturated heterocycles. The summed E-state index contributed by atoms with van der Waals surface area (Å²) < 4.78 is 0. The van der Waals surface area contributed by atoms with Crippen LogP contribution in [0.5, 0.6) is 0 Å². The van der Waals surface area contributed by atoms with Crippen molar-refractivity contribution in [1.29, 1.82) is 0 Å². The van der Waals surface area contributed by atoms with Crippen molar-refractivity contribution in [3.05, 3.63) is 53.7 Å². The van der Waals surface area contributed by atoms with Gasteiger partial charge in [0.15, 0.2) is 0 Å². The molecule has 1 aromatic carbocycles. The third-order valence-corrected chi connectivity index (χ3v) is 3.65. The third kappa shape index (κ3) is 3.36. The molecule has 1 aromatic heterocycles. The van der Waals surface area contributed by atoms with Gasteiger partial charge in [-0.05, 0) is 43.0 Å². The van der Waals surface area contributed by atoms with Gasteiger partial charge in [0, 0.05) is 25.0 Å². The first kappa shape index (κ1) is 14.5. The van der Waals surface area contributed by atoms with Crippen LogP contribution in [0.3, 0.4) is 0 Å². The molecule has 3 heteroatoms. The molecule has 0 radical (unpaired) electrons. The molecule has 0 amide bonds. The van der Waals surface area contributed by atoms with Crippen molar-refractivity contribution in [2.45, 2.75) is 32.7 Å². The zero-order valence-corrected chi connectivity index (χ0v) is 12.5. The maximum absolute atomic E-state index is 5.98. The number of aromatic nitrogens is 1. The van der Waals surface area contributed by atoms with Gasteiger partial charge in [0.1, 0.15) is 5.82 Å². The Morgan fingerprint density at radius 2 is 1.95 bits per heavy atom. The summed E-state index contributed by atoms with van der Waals surface area (Å²) in [6, 6.07) is 12.7. The SMILES string of the molecule is CCC(N)Cc1ccc(N(C)c2ccccc2C)nc1. The smallest absolute Gasteiger partial charge is 0.132 e. The molecule has 1 heterocycles. The van der Waals surface area contributed by atoms with E-state index in [1.165, 1.54) is 16.8 Å². The van der Waals surface area contributed by atoms with Crippen molar-refractivity contribution >= 4 is 11.5 Å². The second kappa shape index (κ2) is 6.53. The van der Waals surface area contributed by atoms with Crippen LogP contribution in [0.4, 0.5) is 11.5 Å².